The van der Waals surface area contributed by atoms with Gasteiger partial charge in [-0.2, -0.15) is 0 Å². The zero-order chi connectivity index (χ0) is 17.1. The summed E-state index contributed by atoms with van der Waals surface area (Å²) >= 11 is 4.60. The van der Waals surface area contributed by atoms with Crippen molar-refractivity contribution < 1.29 is 4.79 Å². The summed E-state index contributed by atoms with van der Waals surface area (Å²) in [5.41, 5.74) is 3.79. The summed E-state index contributed by atoms with van der Waals surface area (Å²) in [5, 5.41) is 9.28. The Labute approximate surface area is 153 Å². The molecular weight excluding hydrogens is 358 g/mol. The van der Waals surface area contributed by atoms with Crippen LogP contribution in [0.5, 0.6) is 0 Å². The van der Waals surface area contributed by atoms with E-state index in [9.17, 15) is 4.79 Å². The van der Waals surface area contributed by atoms with Gasteiger partial charge in [-0.1, -0.05) is 65.2 Å². The molecule has 2 heterocycles. The topological polar surface area (TPSA) is 58.6 Å². The summed E-state index contributed by atoms with van der Waals surface area (Å²) < 4.78 is 1.74. The van der Waals surface area contributed by atoms with Gasteiger partial charge < -0.3 is 4.98 Å². The molecule has 0 saturated carbocycles. The lowest BCUT2D eigenvalue weighted by molar-refractivity contribution is 0.102. The van der Waals surface area contributed by atoms with Crippen LogP contribution in [0.15, 0.2) is 45.1 Å². The number of fused-ring (bicyclic) bond motifs is 1. The normalized spacial score (nSPS) is 11.1. The summed E-state index contributed by atoms with van der Waals surface area (Å²) in [7, 11) is 0. The third-order valence-electron chi connectivity index (χ3n) is 3.33. The van der Waals surface area contributed by atoms with Gasteiger partial charge in [0.25, 0.3) is 0 Å². The highest BCUT2D eigenvalue weighted by molar-refractivity contribution is 8.03. The second-order valence-corrected chi connectivity index (χ2v) is 8.88. The van der Waals surface area contributed by atoms with E-state index in [0.717, 1.165) is 42.2 Å². The molecule has 124 valence electrons. The molecule has 0 radical (unpaired) electrons. The number of nitrogens with zero attached hydrogens (tertiary/aromatic N) is 2. The number of aryl methyl sites for hydroxylation is 1. The first kappa shape index (κ1) is 17.3. The minimum Gasteiger partial charge on any atom is -0.358 e. The van der Waals surface area contributed by atoms with Crippen molar-refractivity contribution in [2.45, 2.75) is 22.5 Å². The van der Waals surface area contributed by atoms with E-state index >= 15 is 0 Å². The minimum atomic E-state index is 0.112. The second kappa shape index (κ2) is 7.55. The van der Waals surface area contributed by atoms with Gasteiger partial charge in [-0.05, 0) is 19.9 Å². The number of thioether (sulfide) groups is 2. The van der Waals surface area contributed by atoms with Gasteiger partial charge in [0.2, 0.25) is 0 Å². The maximum atomic E-state index is 12.6. The number of para-hydroxylation sites is 1. The Balaban J connectivity index is 1.67. The highest BCUT2D eigenvalue weighted by atomic mass is 32.2. The Hall–Kier alpha value is -1.57. The quantitative estimate of drug-likeness (QED) is 0.359. The molecule has 3 aromatic rings. The van der Waals surface area contributed by atoms with Crippen LogP contribution in [0.4, 0.5) is 0 Å². The lowest BCUT2D eigenvalue weighted by Gasteiger charge is -1.99. The Bertz CT molecular complexity index is 898. The Morgan fingerprint density at radius 3 is 2.58 bits per heavy atom. The molecule has 2 aromatic heterocycles. The number of ketones is 1. The number of carbonyl (C=O) groups is 1. The van der Waals surface area contributed by atoms with Gasteiger partial charge in [-0.3, -0.25) is 4.79 Å². The van der Waals surface area contributed by atoms with Crippen molar-refractivity contribution in [3.63, 3.8) is 0 Å². The minimum absolute atomic E-state index is 0.112. The van der Waals surface area contributed by atoms with Crippen molar-refractivity contribution >= 4 is 51.5 Å². The van der Waals surface area contributed by atoms with Crippen LogP contribution >= 0.6 is 34.9 Å². The van der Waals surface area contributed by atoms with E-state index < -0.39 is 0 Å². The fourth-order valence-electron chi connectivity index (χ4n) is 2.33. The zero-order valence-corrected chi connectivity index (χ0v) is 15.9. The maximum absolute atomic E-state index is 12.6. The van der Waals surface area contributed by atoms with E-state index in [1.807, 2.05) is 38.1 Å². The molecule has 0 spiro atoms. The number of hydrogen-bond donors (Lipinski definition) is 1. The van der Waals surface area contributed by atoms with E-state index in [4.69, 9.17) is 0 Å². The average Bonchev–Trinajstić information content (AvgIpc) is 3.13. The van der Waals surface area contributed by atoms with Crippen LogP contribution in [0.25, 0.3) is 10.9 Å². The molecular formula is C17H17N3OS3. The summed E-state index contributed by atoms with van der Waals surface area (Å²) in [6, 6.07) is 7.89. The number of aromatic nitrogens is 3. The van der Waals surface area contributed by atoms with Crippen LogP contribution in [0.3, 0.4) is 0 Å². The van der Waals surface area contributed by atoms with Crippen LogP contribution < -0.4 is 0 Å². The number of Topliss-reactive ketones (excluding diaryl/α,β-unsaturated/α-hetero) is 1. The van der Waals surface area contributed by atoms with E-state index in [1.54, 1.807) is 11.8 Å². The first-order valence-corrected chi connectivity index (χ1v) is 10.2. The highest BCUT2D eigenvalue weighted by Gasteiger charge is 2.17. The molecule has 0 fully saturated rings. The van der Waals surface area contributed by atoms with Crippen molar-refractivity contribution in [3.8, 4) is 0 Å². The molecule has 24 heavy (non-hydrogen) atoms. The van der Waals surface area contributed by atoms with Gasteiger partial charge >= 0.3 is 0 Å². The molecule has 1 aromatic carbocycles. The first-order chi connectivity index (χ1) is 11.5. The summed E-state index contributed by atoms with van der Waals surface area (Å²) in [5.74, 6) is 1.32. The number of H-pyrrole nitrogens is 1. The van der Waals surface area contributed by atoms with Gasteiger partial charge in [0, 0.05) is 27.9 Å². The highest BCUT2D eigenvalue weighted by Crippen LogP contribution is 2.31. The van der Waals surface area contributed by atoms with Gasteiger partial charge in [-0.25, -0.2) is 0 Å². The third kappa shape index (κ3) is 3.91. The molecule has 4 nitrogen and oxygen atoms in total. The van der Waals surface area contributed by atoms with Crippen LogP contribution in [0.1, 0.15) is 23.0 Å². The summed E-state index contributed by atoms with van der Waals surface area (Å²) in [6.07, 6.45) is 0. The Morgan fingerprint density at radius 1 is 1.21 bits per heavy atom. The predicted octanol–water partition coefficient (Wildman–Crippen LogP) is 4.97. The number of aromatic amines is 1. The number of carbonyl (C=O) groups excluding carboxylic acids is 1. The second-order valence-electron chi connectivity index (χ2n) is 5.46. The zero-order valence-electron chi connectivity index (χ0n) is 13.5. The first-order valence-electron chi connectivity index (χ1n) is 7.38. The van der Waals surface area contributed by atoms with Gasteiger partial charge in [0.1, 0.15) is 0 Å². The molecule has 0 amide bonds. The average molecular weight is 376 g/mol. The van der Waals surface area contributed by atoms with Crippen molar-refractivity contribution in [3.05, 3.63) is 47.7 Å². The molecule has 1 N–H and O–H groups in total. The Morgan fingerprint density at radius 2 is 1.88 bits per heavy atom. The molecule has 0 bridgehead atoms. The van der Waals surface area contributed by atoms with Crippen LogP contribution in [-0.2, 0) is 0 Å². The van der Waals surface area contributed by atoms with Crippen LogP contribution in [-0.4, -0.2) is 32.5 Å². The number of hydrogen-bond acceptors (Lipinski definition) is 6. The molecule has 0 atom stereocenters. The fraction of sp³-hybridized carbons (Fsp3) is 0.235. The van der Waals surface area contributed by atoms with Gasteiger partial charge in [0.15, 0.2) is 14.5 Å². The van der Waals surface area contributed by atoms with Crippen LogP contribution in [0, 0.1) is 6.92 Å². The van der Waals surface area contributed by atoms with Crippen LogP contribution in [0.2, 0.25) is 0 Å². The number of benzene rings is 1. The number of nitrogens with one attached hydrogen (secondary N) is 1. The third-order valence-corrected chi connectivity index (χ3v) is 6.75. The van der Waals surface area contributed by atoms with Gasteiger partial charge in [0.05, 0.1) is 5.75 Å². The monoisotopic (exact) mass is 375 g/mol. The largest absolute Gasteiger partial charge is 0.358 e. The molecule has 0 aliphatic heterocycles. The maximum Gasteiger partial charge on any atom is 0.175 e. The summed E-state index contributed by atoms with van der Waals surface area (Å²) in [4.78, 5) is 15.9. The molecule has 0 saturated heterocycles. The Kier molecular flexibility index (Phi) is 5.43. The number of rotatable bonds is 7. The van der Waals surface area contributed by atoms with Crippen molar-refractivity contribution in [1.29, 1.82) is 0 Å². The smallest absolute Gasteiger partial charge is 0.175 e. The van der Waals surface area contributed by atoms with E-state index in [1.165, 1.54) is 23.1 Å². The summed E-state index contributed by atoms with van der Waals surface area (Å²) in [6.45, 7) is 7.81. The molecule has 7 heteroatoms. The molecule has 0 unspecified atom stereocenters. The SMILES string of the molecule is C=C(C)CSc1nnc(SCC(=O)c2c(C)[nH]c3ccccc23)s1. The molecule has 0 aliphatic rings. The van der Waals surface area contributed by atoms with Crippen molar-refractivity contribution in [1.82, 2.24) is 15.2 Å². The van der Waals surface area contributed by atoms with E-state index in [-0.39, 0.29) is 5.78 Å². The predicted molar refractivity (Wildman–Crippen MR) is 104 cm³/mol. The molecule has 0 aliphatic carbocycles. The van der Waals surface area contributed by atoms with Crippen molar-refractivity contribution in [2.75, 3.05) is 11.5 Å². The van der Waals surface area contributed by atoms with Gasteiger partial charge in [-0.15, -0.1) is 10.2 Å². The lowest BCUT2D eigenvalue weighted by atomic mass is 10.1. The molecule has 3 rings (SSSR count). The van der Waals surface area contributed by atoms with E-state index in [2.05, 4.69) is 21.8 Å². The van der Waals surface area contributed by atoms with E-state index in [0.29, 0.717) is 5.75 Å². The van der Waals surface area contributed by atoms with Crippen molar-refractivity contribution in [2.24, 2.45) is 0 Å². The standard InChI is InChI=1S/C17H17N3OS3/c1-10(2)8-22-16-19-20-17(24-16)23-9-14(21)15-11(3)18-13-7-5-4-6-12(13)15/h4-7,18H,1,8-9H2,2-3H3. The lowest BCUT2D eigenvalue weighted by Crippen LogP contribution is -2.03. The fourth-order valence-corrected chi connectivity index (χ4v) is 5.07.